The van der Waals surface area contributed by atoms with Crippen molar-refractivity contribution >= 4 is 29.1 Å². The molecule has 0 fully saturated rings. The Balaban J connectivity index is 1.46. The summed E-state index contributed by atoms with van der Waals surface area (Å²) in [6.45, 7) is 4.43. The molecule has 0 spiro atoms. The van der Waals surface area contributed by atoms with Gasteiger partial charge in [0.25, 0.3) is 17.7 Å². The molecule has 1 atom stereocenters. The van der Waals surface area contributed by atoms with E-state index in [-0.39, 0.29) is 17.5 Å². The summed E-state index contributed by atoms with van der Waals surface area (Å²) in [5.74, 6) is -0.336. The van der Waals surface area contributed by atoms with Crippen molar-refractivity contribution in [3.63, 3.8) is 0 Å². The molecule has 6 nitrogen and oxygen atoms in total. The summed E-state index contributed by atoms with van der Waals surface area (Å²) in [4.78, 5) is 42.3. The Kier molecular flexibility index (Phi) is 4.78. The Morgan fingerprint density at radius 2 is 1.69 bits per heavy atom. The average Bonchev–Trinajstić information content (AvgIpc) is 3.27. The molecule has 3 aromatic rings. The van der Waals surface area contributed by atoms with Crippen LogP contribution in [-0.2, 0) is 6.42 Å². The maximum atomic E-state index is 13.4. The molecule has 0 N–H and O–H groups in total. The van der Waals surface area contributed by atoms with E-state index < -0.39 is 11.8 Å². The highest BCUT2D eigenvalue weighted by Gasteiger charge is 2.38. The number of imide groups is 1. The Labute approximate surface area is 186 Å². The molecule has 3 amide bonds. The second-order valence-electron chi connectivity index (χ2n) is 7.99. The van der Waals surface area contributed by atoms with E-state index in [1.807, 2.05) is 38.1 Å². The van der Waals surface area contributed by atoms with E-state index in [9.17, 15) is 14.4 Å². The van der Waals surface area contributed by atoms with Gasteiger partial charge in [0.15, 0.2) is 0 Å². The normalized spacial score (nSPS) is 16.9. The fourth-order valence-corrected chi connectivity index (χ4v) is 4.48. The third-order valence-corrected chi connectivity index (χ3v) is 5.97. The molecular weight excluding hydrogens is 404 g/mol. The van der Waals surface area contributed by atoms with E-state index >= 15 is 0 Å². The molecule has 0 aromatic heterocycles. The Hall–Kier alpha value is -3.93. The molecule has 5 rings (SSSR count). The summed E-state index contributed by atoms with van der Waals surface area (Å²) < 4.78 is 5.43. The van der Waals surface area contributed by atoms with Gasteiger partial charge in [-0.1, -0.05) is 18.2 Å². The van der Waals surface area contributed by atoms with Crippen molar-refractivity contribution < 1.29 is 19.1 Å². The number of carbonyl (C=O) groups is 3. The highest BCUT2D eigenvalue weighted by molar-refractivity contribution is 6.34. The molecule has 0 saturated heterocycles. The smallest absolute Gasteiger partial charge is 0.266 e. The van der Waals surface area contributed by atoms with Gasteiger partial charge in [-0.2, -0.15) is 0 Å². The fourth-order valence-electron chi connectivity index (χ4n) is 4.48. The topological polar surface area (TPSA) is 66.9 Å². The molecule has 0 unspecified atom stereocenters. The van der Waals surface area contributed by atoms with E-state index in [4.69, 9.17) is 4.74 Å². The summed E-state index contributed by atoms with van der Waals surface area (Å²) >= 11 is 0. The minimum atomic E-state index is -0.432. The Morgan fingerprint density at radius 3 is 2.44 bits per heavy atom. The SMILES string of the molecule is CCOc1ccc(N2C(=O)c3ccc(C(=O)N4c5ccccc5C[C@H]4C)cc3C2=O)cc1. The second kappa shape index (κ2) is 7.64. The number of benzene rings is 3. The molecule has 6 heteroatoms. The maximum absolute atomic E-state index is 13.4. The summed E-state index contributed by atoms with van der Waals surface area (Å²) in [5.41, 5.74) is 3.42. The molecule has 0 aliphatic carbocycles. The van der Waals surface area contributed by atoms with Crippen molar-refractivity contribution in [3.05, 3.63) is 89.0 Å². The van der Waals surface area contributed by atoms with Gasteiger partial charge in [-0.15, -0.1) is 0 Å². The first kappa shape index (κ1) is 20.0. The summed E-state index contributed by atoms with van der Waals surface area (Å²) in [5, 5.41) is 0. The van der Waals surface area contributed by atoms with Crippen LogP contribution >= 0.6 is 0 Å². The lowest BCUT2D eigenvalue weighted by molar-refractivity contribution is 0.0925. The van der Waals surface area contributed by atoms with Crippen LogP contribution in [0.15, 0.2) is 66.7 Å². The molecule has 2 aliphatic rings. The number of anilines is 2. The molecule has 160 valence electrons. The molecule has 2 heterocycles. The minimum Gasteiger partial charge on any atom is -0.494 e. The average molecular weight is 426 g/mol. The summed E-state index contributed by atoms with van der Waals surface area (Å²) in [6.07, 6.45) is 0.787. The number of nitrogens with zero attached hydrogens (tertiary/aromatic N) is 2. The van der Waals surface area contributed by atoms with E-state index in [1.54, 1.807) is 47.4 Å². The van der Waals surface area contributed by atoms with Gasteiger partial charge < -0.3 is 9.64 Å². The molecule has 3 aromatic carbocycles. The lowest BCUT2D eigenvalue weighted by Crippen LogP contribution is -2.35. The van der Waals surface area contributed by atoms with Crippen LogP contribution in [0.5, 0.6) is 5.75 Å². The number of hydrogen-bond donors (Lipinski definition) is 0. The van der Waals surface area contributed by atoms with Crippen LogP contribution in [0.25, 0.3) is 0 Å². The van der Waals surface area contributed by atoms with Crippen molar-refractivity contribution in [2.24, 2.45) is 0 Å². The van der Waals surface area contributed by atoms with Crippen LogP contribution in [0.4, 0.5) is 11.4 Å². The van der Waals surface area contributed by atoms with Crippen molar-refractivity contribution in [2.45, 2.75) is 26.3 Å². The zero-order valence-corrected chi connectivity index (χ0v) is 17.9. The van der Waals surface area contributed by atoms with Gasteiger partial charge in [0, 0.05) is 17.3 Å². The van der Waals surface area contributed by atoms with Gasteiger partial charge in [0.1, 0.15) is 5.75 Å². The zero-order valence-electron chi connectivity index (χ0n) is 17.9. The molecule has 0 saturated carbocycles. The molecule has 2 aliphatic heterocycles. The predicted octanol–water partition coefficient (Wildman–Crippen LogP) is 4.48. The number of para-hydroxylation sites is 1. The lowest BCUT2D eigenvalue weighted by Gasteiger charge is -2.23. The van der Waals surface area contributed by atoms with Crippen molar-refractivity contribution in [1.29, 1.82) is 0 Å². The van der Waals surface area contributed by atoms with Gasteiger partial charge in [-0.25, -0.2) is 4.90 Å². The highest BCUT2D eigenvalue weighted by atomic mass is 16.5. The Bertz CT molecular complexity index is 1250. The van der Waals surface area contributed by atoms with Crippen LogP contribution in [0.3, 0.4) is 0 Å². The maximum Gasteiger partial charge on any atom is 0.266 e. The number of rotatable bonds is 4. The number of fused-ring (bicyclic) bond motifs is 2. The van der Waals surface area contributed by atoms with Crippen molar-refractivity contribution in [1.82, 2.24) is 0 Å². The molecular formula is C26H22N2O4. The summed E-state index contributed by atoms with van der Waals surface area (Å²) in [6, 6.07) is 19.4. The van der Waals surface area contributed by atoms with Crippen LogP contribution in [0.2, 0.25) is 0 Å². The number of carbonyl (C=O) groups excluding carboxylic acids is 3. The fraction of sp³-hybridized carbons (Fsp3) is 0.192. The van der Waals surface area contributed by atoms with E-state index in [0.29, 0.717) is 29.2 Å². The second-order valence-corrected chi connectivity index (χ2v) is 7.99. The zero-order chi connectivity index (χ0) is 22.4. The van der Waals surface area contributed by atoms with Crippen LogP contribution in [0.1, 0.15) is 50.5 Å². The first-order chi connectivity index (χ1) is 15.5. The van der Waals surface area contributed by atoms with E-state index in [1.165, 1.54) is 0 Å². The first-order valence-electron chi connectivity index (χ1n) is 10.7. The minimum absolute atomic E-state index is 0.0193. The number of amides is 3. The lowest BCUT2D eigenvalue weighted by atomic mass is 10.0. The monoisotopic (exact) mass is 426 g/mol. The van der Waals surface area contributed by atoms with Gasteiger partial charge >= 0.3 is 0 Å². The first-order valence-corrected chi connectivity index (χ1v) is 10.7. The Morgan fingerprint density at radius 1 is 0.969 bits per heavy atom. The van der Waals surface area contributed by atoms with E-state index in [0.717, 1.165) is 22.6 Å². The van der Waals surface area contributed by atoms with Gasteiger partial charge in [-0.05, 0) is 74.4 Å². The molecule has 0 radical (unpaired) electrons. The van der Waals surface area contributed by atoms with Crippen LogP contribution in [0, 0.1) is 0 Å². The molecule has 32 heavy (non-hydrogen) atoms. The van der Waals surface area contributed by atoms with Crippen LogP contribution < -0.4 is 14.5 Å². The molecule has 0 bridgehead atoms. The largest absolute Gasteiger partial charge is 0.494 e. The van der Waals surface area contributed by atoms with Gasteiger partial charge in [0.2, 0.25) is 0 Å². The van der Waals surface area contributed by atoms with E-state index in [2.05, 4.69) is 0 Å². The third kappa shape index (κ3) is 3.07. The standard InChI is InChI=1S/C26H22N2O4/c1-3-32-20-11-9-19(10-12-20)28-25(30)21-13-8-18(15-22(21)26(28)31)24(29)27-16(2)14-17-6-4-5-7-23(17)27/h4-13,15-16H,3,14H2,1-2H3/t16-/m1/s1. The summed E-state index contributed by atoms with van der Waals surface area (Å²) in [7, 11) is 0. The van der Waals surface area contributed by atoms with Gasteiger partial charge in [0.05, 0.1) is 23.4 Å². The van der Waals surface area contributed by atoms with Gasteiger partial charge in [-0.3, -0.25) is 14.4 Å². The van der Waals surface area contributed by atoms with Crippen molar-refractivity contribution in [2.75, 3.05) is 16.4 Å². The number of ether oxygens (including phenoxy) is 1. The van der Waals surface area contributed by atoms with Crippen molar-refractivity contribution in [3.8, 4) is 5.75 Å². The third-order valence-electron chi connectivity index (χ3n) is 5.97. The predicted molar refractivity (Wildman–Crippen MR) is 122 cm³/mol. The number of hydrogen-bond acceptors (Lipinski definition) is 4. The quantitative estimate of drug-likeness (QED) is 0.577. The van der Waals surface area contributed by atoms with Crippen LogP contribution in [-0.4, -0.2) is 30.4 Å². The highest BCUT2D eigenvalue weighted by Crippen LogP contribution is 2.35.